The first kappa shape index (κ1) is 14.1. The molecule has 0 bridgehead atoms. The third kappa shape index (κ3) is 3.35. The molecule has 0 aliphatic carbocycles. The summed E-state index contributed by atoms with van der Waals surface area (Å²) in [5.74, 6) is 1.34. The molecule has 4 nitrogen and oxygen atoms in total. The van der Waals surface area contributed by atoms with Crippen LogP contribution >= 0.6 is 0 Å². The number of methoxy groups -OCH3 is 1. The maximum absolute atomic E-state index is 12.3. The molecule has 1 heterocycles. The van der Waals surface area contributed by atoms with Gasteiger partial charge in [-0.2, -0.15) is 0 Å². The number of ether oxygens (including phenoxy) is 2. The zero-order valence-electron chi connectivity index (χ0n) is 11.6. The van der Waals surface area contributed by atoms with Gasteiger partial charge in [-0.25, -0.2) is 0 Å². The highest BCUT2D eigenvalue weighted by Gasteiger charge is 2.20. The number of hydrogen-bond donors (Lipinski definition) is 0. The molecule has 0 aliphatic rings. The van der Waals surface area contributed by atoms with Gasteiger partial charge in [0.1, 0.15) is 11.5 Å². The van der Waals surface area contributed by atoms with Crippen molar-refractivity contribution in [2.45, 2.75) is 19.4 Å². The monoisotopic (exact) mass is 271 g/mol. The van der Waals surface area contributed by atoms with Crippen molar-refractivity contribution in [2.24, 2.45) is 0 Å². The second-order valence-corrected chi connectivity index (χ2v) is 4.30. The zero-order chi connectivity index (χ0) is 14.4. The first-order valence-corrected chi connectivity index (χ1v) is 6.49. The fourth-order valence-electron chi connectivity index (χ4n) is 1.84. The third-order valence-corrected chi connectivity index (χ3v) is 2.95. The van der Waals surface area contributed by atoms with E-state index in [9.17, 15) is 4.79 Å². The number of nitrogens with zero attached hydrogens (tertiary/aromatic N) is 1. The molecule has 1 atom stereocenters. The van der Waals surface area contributed by atoms with Gasteiger partial charge in [0.25, 0.3) is 0 Å². The van der Waals surface area contributed by atoms with Crippen LogP contribution in [-0.4, -0.2) is 24.0 Å². The Morgan fingerprint density at radius 3 is 2.45 bits per heavy atom. The fourth-order valence-corrected chi connectivity index (χ4v) is 1.84. The van der Waals surface area contributed by atoms with Gasteiger partial charge in [-0.3, -0.25) is 9.78 Å². The molecule has 0 N–H and O–H groups in total. The predicted molar refractivity (Wildman–Crippen MR) is 76.3 cm³/mol. The van der Waals surface area contributed by atoms with E-state index in [0.29, 0.717) is 17.7 Å². The van der Waals surface area contributed by atoms with Gasteiger partial charge in [-0.05, 0) is 42.8 Å². The Labute approximate surface area is 118 Å². The normalized spacial score (nSPS) is 11.7. The van der Waals surface area contributed by atoms with Gasteiger partial charge in [-0.1, -0.05) is 6.92 Å². The van der Waals surface area contributed by atoms with E-state index in [1.54, 1.807) is 55.9 Å². The average molecular weight is 271 g/mol. The van der Waals surface area contributed by atoms with Gasteiger partial charge >= 0.3 is 0 Å². The minimum absolute atomic E-state index is 0.0589. The van der Waals surface area contributed by atoms with E-state index in [-0.39, 0.29) is 5.78 Å². The van der Waals surface area contributed by atoms with Crippen LogP contribution in [0.3, 0.4) is 0 Å². The van der Waals surface area contributed by atoms with Crippen LogP contribution in [0.5, 0.6) is 11.5 Å². The molecular formula is C16H17NO3. The number of benzene rings is 1. The van der Waals surface area contributed by atoms with Crippen molar-refractivity contribution < 1.29 is 14.3 Å². The summed E-state index contributed by atoms with van der Waals surface area (Å²) in [6, 6.07) is 10.7. The lowest BCUT2D eigenvalue weighted by atomic mass is 10.1. The van der Waals surface area contributed by atoms with Gasteiger partial charge < -0.3 is 9.47 Å². The molecule has 1 unspecified atom stereocenters. The van der Waals surface area contributed by atoms with Crippen molar-refractivity contribution in [3.05, 3.63) is 54.4 Å². The number of hydrogen-bond acceptors (Lipinski definition) is 4. The second-order valence-electron chi connectivity index (χ2n) is 4.30. The van der Waals surface area contributed by atoms with Crippen LogP contribution in [0.15, 0.2) is 48.8 Å². The van der Waals surface area contributed by atoms with Crippen LogP contribution in [0.4, 0.5) is 0 Å². The summed E-state index contributed by atoms with van der Waals surface area (Å²) in [7, 11) is 1.61. The molecule has 0 amide bonds. The van der Waals surface area contributed by atoms with E-state index in [0.717, 1.165) is 5.75 Å². The maximum atomic E-state index is 12.3. The summed E-state index contributed by atoms with van der Waals surface area (Å²) in [6.07, 6.45) is 3.29. The van der Waals surface area contributed by atoms with Gasteiger partial charge in [0.05, 0.1) is 7.11 Å². The van der Waals surface area contributed by atoms with Crippen molar-refractivity contribution in [1.82, 2.24) is 4.98 Å². The zero-order valence-corrected chi connectivity index (χ0v) is 11.6. The summed E-state index contributed by atoms with van der Waals surface area (Å²) >= 11 is 0. The van der Waals surface area contributed by atoms with E-state index < -0.39 is 6.10 Å². The topological polar surface area (TPSA) is 48.4 Å². The highest BCUT2D eigenvalue weighted by molar-refractivity contribution is 5.99. The number of Topliss-reactive ketones (excluding diaryl/α,β-unsaturated/α-hetero) is 1. The lowest BCUT2D eigenvalue weighted by Gasteiger charge is -2.16. The minimum Gasteiger partial charge on any atom is -0.497 e. The van der Waals surface area contributed by atoms with Crippen molar-refractivity contribution >= 4 is 5.78 Å². The Bertz CT molecular complexity index is 552. The van der Waals surface area contributed by atoms with Crippen molar-refractivity contribution in [1.29, 1.82) is 0 Å². The molecule has 0 saturated heterocycles. The summed E-state index contributed by atoms with van der Waals surface area (Å²) in [6.45, 7) is 1.92. The fraction of sp³-hybridized carbons (Fsp3) is 0.250. The highest BCUT2D eigenvalue weighted by atomic mass is 16.5. The third-order valence-electron chi connectivity index (χ3n) is 2.95. The van der Waals surface area contributed by atoms with Crippen molar-refractivity contribution in [3.63, 3.8) is 0 Å². The standard InChI is InChI=1S/C16H17NO3/c1-3-15(16(18)12-5-4-10-17-11-12)20-14-8-6-13(19-2)7-9-14/h4-11,15H,3H2,1-2H3. The van der Waals surface area contributed by atoms with E-state index in [4.69, 9.17) is 9.47 Å². The molecule has 0 aliphatic heterocycles. The number of ketones is 1. The molecule has 2 aromatic rings. The Kier molecular flexibility index (Phi) is 4.71. The van der Waals surface area contributed by atoms with Gasteiger partial charge in [0.2, 0.25) is 5.78 Å². The number of carbonyl (C=O) groups excluding carboxylic acids is 1. The van der Waals surface area contributed by atoms with E-state index in [1.807, 2.05) is 6.92 Å². The van der Waals surface area contributed by atoms with Crippen LogP contribution in [0, 0.1) is 0 Å². The van der Waals surface area contributed by atoms with Crippen LogP contribution < -0.4 is 9.47 Å². The predicted octanol–water partition coefficient (Wildman–Crippen LogP) is 3.13. The summed E-state index contributed by atoms with van der Waals surface area (Å²) in [4.78, 5) is 16.3. The molecule has 0 fully saturated rings. The molecule has 20 heavy (non-hydrogen) atoms. The molecule has 4 heteroatoms. The summed E-state index contributed by atoms with van der Waals surface area (Å²) in [5, 5.41) is 0. The second kappa shape index (κ2) is 6.70. The Morgan fingerprint density at radius 1 is 1.20 bits per heavy atom. The number of rotatable bonds is 6. The quantitative estimate of drug-likeness (QED) is 0.757. The average Bonchev–Trinajstić information content (AvgIpc) is 2.53. The lowest BCUT2D eigenvalue weighted by molar-refractivity contribution is 0.0786. The molecule has 1 aromatic carbocycles. The molecule has 0 spiro atoms. The lowest BCUT2D eigenvalue weighted by Crippen LogP contribution is -2.26. The Hall–Kier alpha value is -2.36. The van der Waals surface area contributed by atoms with Crippen LogP contribution in [0.25, 0.3) is 0 Å². The molecule has 2 rings (SSSR count). The van der Waals surface area contributed by atoms with Gasteiger partial charge in [0.15, 0.2) is 6.10 Å². The SMILES string of the molecule is CCC(Oc1ccc(OC)cc1)C(=O)c1cccnc1. The maximum Gasteiger partial charge on any atom is 0.204 e. The molecular weight excluding hydrogens is 254 g/mol. The molecule has 0 radical (unpaired) electrons. The smallest absolute Gasteiger partial charge is 0.204 e. The van der Waals surface area contributed by atoms with E-state index >= 15 is 0 Å². The first-order valence-electron chi connectivity index (χ1n) is 6.49. The van der Waals surface area contributed by atoms with Crippen LogP contribution in [0.1, 0.15) is 23.7 Å². The number of pyridine rings is 1. The Balaban J connectivity index is 2.10. The minimum atomic E-state index is -0.507. The molecule has 104 valence electrons. The largest absolute Gasteiger partial charge is 0.497 e. The van der Waals surface area contributed by atoms with Crippen molar-refractivity contribution in [3.8, 4) is 11.5 Å². The van der Waals surface area contributed by atoms with Crippen molar-refractivity contribution in [2.75, 3.05) is 7.11 Å². The van der Waals surface area contributed by atoms with Gasteiger partial charge in [0, 0.05) is 18.0 Å². The van der Waals surface area contributed by atoms with E-state index in [1.165, 1.54) is 0 Å². The van der Waals surface area contributed by atoms with Crippen LogP contribution in [-0.2, 0) is 0 Å². The molecule has 1 aromatic heterocycles. The Morgan fingerprint density at radius 2 is 1.90 bits per heavy atom. The van der Waals surface area contributed by atoms with Crippen LogP contribution in [0.2, 0.25) is 0 Å². The highest BCUT2D eigenvalue weighted by Crippen LogP contribution is 2.20. The summed E-state index contributed by atoms with van der Waals surface area (Å²) < 4.78 is 10.8. The summed E-state index contributed by atoms with van der Waals surface area (Å²) in [5.41, 5.74) is 0.563. The van der Waals surface area contributed by atoms with E-state index in [2.05, 4.69) is 4.98 Å². The number of carbonyl (C=O) groups is 1. The van der Waals surface area contributed by atoms with Gasteiger partial charge in [-0.15, -0.1) is 0 Å². The number of aromatic nitrogens is 1. The molecule has 0 saturated carbocycles. The first-order chi connectivity index (χ1) is 9.74.